The fourth-order valence-corrected chi connectivity index (χ4v) is 8.17. The lowest BCUT2D eigenvalue weighted by molar-refractivity contribution is 0.543. The average Bonchev–Trinajstić information content (AvgIpc) is 3.85. The molecule has 7 aromatic carbocycles. The summed E-state index contributed by atoms with van der Waals surface area (Å²) in [6.45, 7) is 4.45. The number of benzene rings is 7. The molecule has 2 aliphatic rings. The van der Waals surface area contributed by atoms with Gasteiger partial charge in [-0.05, 0) is 83.3 Å². The minimum absolute atomic E-state index is 0.133. The van der Waals surface area contributed by atoms with E-state index in [2.05, 4.69) is 108 Å². The highest BCUT2D eigenvalue weighted by atomic mass is 16.3. The highest BCUT2D eigenvalue weighted by molar-refractivity contribution is 6.17. The predicted molar refractivity (Wildman–Crippen MR) is 236 cm³/mol. The Bertz CT molecular complexity index is 2970. The highest BCUT2D eigenvalue weighted by Gasteiger charge is 2.32. The van der Waals surface area contributed by atoms with Crippen LogP contribution in [0.4, 0.5) is 22.7 Å². The maximum Gasteiger partial charge on any atom is 0.169 e. The van der Waals surface area contributed by atoms with Gasteiger partial charge in [-0.15, -0.1) is 0 Å². The summed E-state index contributed by atoms with van der Waals surface area (Å²) in [5, 5.41) is 19.8. The van der Waals surface area contributed by atoms with Crippen molar-refractivity contribution in [2.24, 2.45) is 15.9 Å². The average molecular weight is 754 g/mol. The van der Waals surface area contributed by atoms with Gasteiger partial charge in [0.2, 0.25) is 0 Å². The van der Waals surface area contributed by atoms with Gasteiger partial charge in [-0.3, -0.25) is 0 Å². The van der Waals surface area contributed by atoms with Gasteiger partial charge in [-0.1, -0.05) is 111 Å². The number of nitrogens with two attached hydrogens (primary N) is 1. The standard InChI is InChI=1S/C50H39N7O/c1-30(2)50-53-43-16-7-8-17-44(43)57(50)37-22-19-31(20-23-37)40-28-42(52)41(26-36(40)29-51)33-13-10-14-34(25-33)48-54-47(32-11-4-3-5-12-32)55-49(56-48)35-21-24-39-38-15-6-9-18-45(38)58-46(39)27-35/h3-28,30,48,50,53H,52H2,1-2H3,(H,54,55,56). The molecule has 8 aromatic rings. The van der Waals surface area contributed by atoms with Crippen LogP contribution < -0.4 is 21.3 Å². The third-order valence-electron chi connectivity index (χ3n) is 11.1. The molecule has 0 saturated heterocycles. The van der Waals surface area contributed by atoms with E-state index in [1.54, 1.807) is 0 Å². The van der Waals surface area contributed by atoms with Crippen molar-refractivity contribution in [3.05, 3.63) is 180 Å². The first kappa shape index (κ1) is 34.8. The van der Waals surface area contributed by atoms with E-state index in [1.807, 2.05) is 84.9 Å². The molecular formula is C50H39N7O. The van der Waals surface area contributed by atoms with Crippen molar-refractivity contribution in [2.75, 3.05) is 16.0 Å². The number of rotatable bonds is 7. The second-order valence-corrected chi connectivity index (χ2v) is 15.1. The molecule has 0 spiro atoms. The number of amidine groups is 2. The molecule has 3 heterocycles. The molecule has 280 valence electrons. The molecule has 4 N–H and O–H groups in total. The van der Waals surface area contributed by atoms with Crippen molar-refractivity contribution in [1.29, 1.82) is 5.26 Å². The van der Waals surface area contributed by atoms with Gasteiger partial charge < -0.3 is 25.7 Å². The monoisotopic (exact) mass is 753 g/mol. The van der Waals surface area contributed by atoms with E-state index in [0.29, 0.717) is 23.0 Å². The zero-order valence-electron chi connectivity index (χ0n) is 32.0. The number of para-hydroxylation sites is 3. The van der Waals surface area contributed by atoms with E-state index in [9.17, 15) is 5.26 Å². The summed E-state index contributed by atoms with van der Waals surface area (Å²) in [5.41, 5.74) is 19.1. The molecule has 2 unspecified atom stereocenters. The van der Waals surface area contributed by atoms with Crippen molar-refractivity contribution in [2.45, 2.75) is 26.2 Å². The van der Waals surface area contributed by atoms with Crippen LogP contribution in [0.1, 0.15) is 42.3 Å². The van der Waals surface area contributed by atoms with Crippen LogP contribution in [-0.2, 0) is 0 Å². The van der Waals surface area contributed by atoms with Gasteiger partial charge in [0, 0.05) is 44.4 Å². The zero-order chi connectivity index (χ0) is 39.3. The minimum atomic E-state index is -0.541. The summed E-state index contributed by atoms with van der Waals surface area (Å²) in [4.78, 5) is 12.6. The Labute approximate surface area is 336 Å². The van der Waals surface area contributed by atoms with E-state index in [1.165, 1.54) is 0 Å². The maximum atomic E-state index is 10.5. The molecule has 1 aromatic heterocycles. The van der Waals surface area contributed by atoms with Gasteiger partial charge in [0.05, 0.1) is 23.0 Å². The predicted octanol–water partition coefficient (Wildman–Crippen LogP) is 11.4. The van der Waals surface area contributed by atoms with Crippen molar-refractivity contribution in [1.82, 2.24) is 5.32 Å². The first-order valence-corrected chi connectivity index (χ1v) is 19.5. The topological polar surface area (TPSA) is 115 Å². The van der Waals surface area contributed by atoms with Crippen LogP contribution in [0.2, 0.25) is 0 Å². The summed E-state index contributed by atoms with van der Waals surface area (Å²) < 4.78 is 6.24. The Morgan fingerprint density at radius 2 is 1.36 bits per heavy atom. The van der Waals surface area contributed by atoms with Crippen LogP contribution >= 0.6 is 0 Å². The Morgan fingerprint density at radius 3 is 2.17 bits per heavy atom. The third-order valence-corrected chi connectivity index (χ3v) is 11.1. The molecular weight excluding hydrogens is 715 g/mol. The molecule has 8 heteroatoms. The lowest BCUT2D eigenvalue weighted by Crippen LogP contribution is -2.36. The summed E-state index contributed by atoms with van der Waals surface area (Å²) in [6.07, 6.45) is -0.409. The largest absolute Gasteiger partial charge is 0.456 e. The molecule has 0 saturated carbocycles. The molecule has 58 heavy (non-hydrogen) atoms. The maximum absolute atomic E-state index is 10.5. The first-order chi connectivity index (χ1) is 28.4. The SMILES string of the molecule is CC(C)C1Nc2ccccc2N1c1ccc(-c2cc(N)c(-c3cccc(C4N=C(c5ccccc5)NC(c5ccc6c(c5)oc5ccccc56)=N4)c3)cc2C#N)cc1. The van der Waals surface area contributed by atoms with Gasteiger partial charge in [-0.2, -0.15) is 5.26 Å². The fourth-order valence-electron chi connectivity index (χ4n) is 8.17. The molecule has 0 radical (unpaired) electrons. The molecule has 2 atom stereocenters. The van der Waals surface area contributed by atoms with Crippen LogP contribution in [0.15, 0.2) is 172 Å². The van der Waals surface area contributed by atoms with Gasteiger partial charge in [0.1, 0.15) is 29.0 Å². The number of hydrogen-bond acceptors (Lipinski definition) is 8. The van der Waals surface area contributed by atoms with Crippen LogP contribution in [0.5, 0.6) is 0 Å². The van der Waals surface area contributed by atoms with Gasteiger partial charge in [0.25, 0.3) is 0 Å². The summed E-state index contributed by atoms with van der Waals surface area (Å²) >= 11 is 0. The number of nitriles is 1. The molecule has 10 rings (SSSR count). The van der Waals surface area contributed by atoms with E-state index in [-0.39, 0.29) is 6.17 Å². The molecule has 0 aliphatic carbocycles. The molecule has 2 aliphatic heterocycles. The number of nitrogens with one attached hydrogen (secondary N) is 2. The van der Waals surface area contributed by atoms with Crippen molar-refractivity contribution >= 4 is 56.4 Å². The van der Waals surface area contributed by atoms with Crippen molar-refractivity contribution in [3.8, 4) is 28.3 Å². The number of nitrogens with zero attached hydrogens (tertiary/aromatic N) is 4. The number of aliphatic imine (C=N–C) groups is 2. The number of nitrogen functional groups attached to an aromatic ring is 1. The first-order valence-electron chi connectivity index (χ1n) is 19.5. The van der Waals surface area contributed by atoms with Gasteiger partial charge >= 0.3 is 0 Å². The Balaban J connectivity index is 0.989. The number of fused-ring (bicyclic) bond motifs is 4. The van der Waals surface area contributed by atoms with Crippen LogP contribution in [-0.4, -0.2) is 17.8 Å². The second-order valence-electron chi connectivity index (χ2n) is 15.1. The number of anilines is 4. The van der Waals surface area contributed by atoms with Crippen molar-refractivity contribution in [3.63, 3.8) is 0 Å². The second kappa shape index (κ2) is 14.1. The number of furan rings is 1. The van der Waals surface area contributed by atoms with E-state index < -0.39 is 6.17 Å². The van der Waals surface area contributed by atoms with Crippen LogP contribution in [0.3, 0.4) is 0 Å². The zero-order valence-corrected chi connectivity index (χ0v) is 32.0. The summed E-state index contributed by atoms with van der Waals surface area (Å²) in [5.74, 6) is 1.79. The van der Waals surface area contributed by atoms with E-state index in [4.69, 9.17) is 20.1 Å². The van der Waals surface area contributed by atoms with E-state index in [0.717, 1.165) is 83.8 Å². The van der Waals surface area contributed by atoms with Gasteiger partial charge in [-0.25, -0.2) is 9.98 Å². The van der Waals surface area contributed by atoms with Gasteiger partial charge in [0.15, 0.2) is 6.17 Å². The Hall–Kier alpha value is -7.63. The normalized spacial score (nSPS) is 16.1. The molecule has 0 bridgehead atoms. The minimum Gasteiger partial charge on any atom is -0.456 e. The molecule has 0 fully saturated rings. The highest BCUT2D eigenvalue weighted by Crippen LogP contribution is 2.43. The lowest BCUT2D eigenvalue weighted by Gasteiger charge is -2.30. The quantitative estimate of drug-likeness (QED) is 0.140. The molecule has 8 nitrogen and oxygen atoms in total. The van der Waals surface area contributed by atoms with Crippen LogP contribution in [0, 0.1) is 17.2 Å². The fraction of sp³-hybridized carbons (Fsp3) is 0.100. The molecule has 0 amide bonds. The van der Waals surface area contributed by atoms with E-state index >= 15 is 0 Å². The van der Waals surface area contributed by atoms with Crippen LogP contribution in [0.25, 0.3) is 44.2 Å². The summed E-state index contributed by atoms with van der Waals surface area (Å²) in [7, 11) is 0. The summed E-state index contributed by atoms with van der Waals surface area (Å²) in [6, 6.07) is 55.5. The Morgan fingerprint density at radius 1 is 0.655 bits per heavy atom. The van der Waals surface area contributed by atoms with Crippen molar-refractivity contribution < 1.29 is 4.42 Å². The number of hydrogen-bond donors (Lipinski definition) is 3. The third kappa shape index (κ3) is 6.10. The Kier molecular flexibility index (Phi) is 8.49. The smallest absolute Gasteiger partial charge is 0.169 e. The lowest BCUT2D eigenvalue weighted by atomic mass is 9.93.